The molecule has 1 amide bonds. The van der Waals surface area contributed by atoms with E-state index in [0.717, 1.165) is 36.3 Å². The molecule has 1 aliphatic rings. The molecule has 1 saturated carbocycles. The van der Waals surface area contributed by atoms with Gasteiger partial charge in [0.15, 0.2) is 0 Å². The minimum Gasteiger partial charge on any atom is -0.497 e. The van der Waals surface area contributed by atoms with Gasteiger partial charge in [-0.25, -0.2) is 0 Å². The number of nitrogens with one attached hydrogen (secondary N) is 1. The maximum atomic E-state index is 12.1. The van der Waals surface area contributed by atoms with Crippen LogP contribution in [0.15, 0.2) is 29.2 Å². The van der Waals surface area contributed by atoms with E-state index in [-0.39, 0.29) is 11.4 Å². The lowest BCUT2D eigenvalue weighted by atomic mass is 9.98. The normalized spacial score (nSPS) is 16.9. The SMILES string of the molecule is COc1cccc(SCC(=O)NC2(CN)CCCC2)c1. The molecule has 2 rings (SSSR count). The van der Waals surface area contributed by atoms with Crippen LogP contribution in [-0.4, -0.2) is 30.9 Å². The Morgan fingerprint density at radius 1 is 1.45 bits per heavy atom. The van der Waals surface area contributed by atoms with Crippen LogP contribution in [0.25, 0.3) is 0 Å². The van der Waals surface area contributed by atoms with E-state index in [9.17, 15) is 4.79 Å². The van der Waals surface area contributed by atoms with Crippen molar-refractivity contribution in [2.75, 3.05) is 19.4 Å². The molecule has 20 heavy (non-hydrogen) atoms. The van der Waals surface area contributed by atoms with Gasteiger partial charge in [0.05, 0.1) is 18.4 Å². The monoisotopic (exact) mass is 294 g/mol. The van der Waals surface area contributed by atoms with E-state index in [1.165, 1.54) is 11.8 Å². The van der Waals surface area contributed by atoms with Gasteiger partial charge in [0.2, 0.25) is 5.91 Å². The molecule has 1 aliphatic carbocycles. The third-order valence-electron chi connectivity index (χ3n) is 3.77. The van der Waals surface area contributed by atoms with Crippen molar-refractivity contribution in [2.24, 2.45) is 5.73 Å². The number of rotatable bonds is 6. The lowest BCUT2D eigenvalue weighted by molar-refractivity contribution is -0.120. The Bertz CT molecular complexity index is 459. The highest BCUT2D eigenvalue weighted by atomic mass is 32.2. The quantitative estimate of drug-likeness (QED) is 0.789. The molecule has 1 aromatic rings. The molecule has 1 fully saturated rings. The van der Waals surface area contributed by atoms with Crippen molar-refractivity contribution in [1.29, 1.82) is 0 Å². The fourth-order valence-electron chi connectivity index (χ4n) is 2.60. The van der Waals surface area contributed by atoms with E-state index in [0.29, 0.717) is 12.3 Å². The maximum absolute atomic E-state index is 12.1. The average molecular weight is 294 g/mol. The number of benzene rings is 1. The van der Waals surface area contributed by atoms with E-state index >= 15 is 0 Å². The number of nitrogens with two attached hydrogens (primary N) is 1. The summed E-state index contributed by atoms with van der Waals surface area (Å²) in [5.74, 6) is 1.28. The van der Waals surface area contributed by atoms with Gasteiger partial charge in [0.25, 0.3) is 0 Å². The van der Waals surface area contributed by atoms with Crippen LogP contribution in [0.1, 0.15) is 25.7 Å². The molecule has 0 saturated heterocycles. The van der Waals surface area contributed by atoms with Crippen molar-refractivity contribution in [3.8, 4) is 5.75 Å². The Hall–Kier alpha value is -1.20. The first-order valence-corrected chi connectivity index (χ1v) is 7.94. The Balaban J connectivity index is 1.85. The molecule has 0 aliphatic heterocycles. The predicted molar refractivity (Wildman–Crippen MR) is 82.1 cm³/mol. The van der Waals surface area contributed by atoms with E-state index in [1.807, 2.05) is 24.3 Å². The number of ether oxygens (including phenoxy) is 1. The summed E-state index contributed by atoms with van der Waals surface area (Å²) in [6.07, 6.45) is 4.30. The van der Waals surface area contributed by atoms with Gasteiger partial charge in [-0.1, -0.05) is 18.9 Å². The fraction of sp³-hybridized carbons (Fsp3) is 0.533. The van der Waals surface area contributed by atoms with Gasteiger partial charge >= 0.3 is 0 Å². The first-order valence-electron chi connectivity index (χ1n) is 6.95. The third kappa shape index (κ3) is 3.90. The van der Waals surface area contributed by atoms with Gasteiger partial charge in [-0.05, 0) is 31.0 Å². The molecule has 4 nitrogen and oxygen atoms in total. The van der Waals surface area contributed by atoms with Crippen molar-refractivity contribution < 1.29 is 9.53 Å². The fourth-order valence-corrected chi connectivity index (χ4v) is 3.35. The zero-order valence-corrected chi connectivity index (χ0v) is 12.7. The summed E-state index contributed by atoms with van der Waals surface area (Å²) >= 11 is 1.52. The minimum atomic E-state index is -0.161. The van der Waals surface area contributed by atoms with Gasteiger partial charge in [-0.3, -0.25) is 4.79 Å². The van der Waals surface area contributed by atoms with Gasteiger partial charge in [-0.15, -0.1) is 11.8 Å². The van der Waals surface area contributed by atoms with Crippen LogP contribution in [0.5, 0.6) is 5.75 Å². The van der Waals surface area contributed by atoms with Crippen LogP contribution in [0.4, 0.5) is 0 Å². The van der Waals surface area contributed by atoms with E-state index < -0.39 is 0 Å². The van der Waals surface area contributed by atoms with Gasteiger partial charge in [0.1, 0.15) is 5.75 Å². The van der Waals surface area contributed by atoms with Crippen molar-refractivity contribution in [3.63, 3.8) is 0 Å². The number of thioether (sulfide) groups is 1. The molecule has 0 aromatic heterocycles. The third-order valence-corrected chi connectivity index (χ3v) is 4.76. The molecule has 0 unspecified atom stereocenters. The number of hydrogen-bond acceptors (Lipinski definition) is 4. The van der Waals surface area contributed by atoms with Crippen molar-refractivity contribution in [3.05, 3.63) is 24.3 Å². The van der Waals surface area contributed by atoms with Gasteiger partial charge in [-0.2, -0.15) is 0 Å². The molecule has 5 heteroatoms. The average Bonchev–Trinajstić information content (AvgIpc) is 2.94. The molecule has 0 heterocycles. The highest BCUT2D eigenvalue weighted by Crippen LogP contribution is 2.29. The zero-order chi connectivity index (χ0) is 14.4. The second-order valence-corrected chi connectivity index (χ2v) is 6.26. The minimum absolute atomic E-state index is 0.0603. The number of amides is 1. The maximum Gasteiger partial charge on any atom is 0.230 e. The second kappa shape index (κ2) is 6.99. The predicted octanol–water partition coefficient (Wildman–Crippen LogP) is 2.17. The number of hydrogen-bond donors (Lipinski definition) is 2. The lowest BCUT2D eigenvalue weighted by Gasteiger charge is -2.28. The summed E-state index contributed by atoms with van der Waals surface area (Å²) in [4.78, 5) is 13.1. The van der Waals surface area contributed by atoms with Crippen LogP contribution in [0.3, 0.4) is 0 Å². The first-order chi connectivity index (χ1) is 9.67. The highest BCUT2D eigenvalue weighted by Gasteiger charge is 2.33. The van der Waals surface area contributed by atoms with Crippen molar-refractivity contribution in [2.45, 2.75) is 36.1 Å². The summed E-state index contributed by atoms with van der Waals surface area (Å²) < 4.78 is 5.17. The van der Waals surface area contributed by atoms with Crippen LogP contribution in [0, 0.1) is 0 Å². The number of methoxy groups -OCH3 is 1. The van der Waals surface area contributed by atoms with Crippen LogP contribution < -0.4 is 15.8 Å². The standard InChI is InChI=1S/C15H22N2O2S/c1-19-12-5-4-6-13(9-12)20-10-14(18)17-15(11-16)7-2-3-8-15/h4-6,9H,2-3,7-8,10-11,16H2,1H3,(H,17,18). The molecule has 0 spiro atoms. The molecule has 3 N–H and O–H groups in total. The summed E-state index contributed by atoms with van der Waals surface area (Å²) in [5.41, 5.74) is 5.66. The summed E-state index contributed by atoms with van der Waals surface area (Å²) in [7, 11) is 1.64. The molecule has 0 atom stereocenters. The van der Waals surface area contributed by atoms with Gasteiger partial charge in [0, 0.05) is 11.4 Å². The molecule has 110 valence electrons. The zero-order valence-electron chi connectivity index (χ0n) is 11.9. The van der Waals surface area contributed by atoms with Crippen LogP contribution >= 0.6 is 11.8 Å². The largest absolute Gasteiger partial charge is 0.497 e. The molecular weight excluding hydrogens is 272 g/mol. The Kier molecular flexibility index (Phi) is 5.31. The van der Waals surface area contributed by atoms with Crippen LogP contribution in [0.2, 0.25) is 0 Å². The summed E-state index contributed by atoms with van der Waals surface area (Å²) in [5, 5.41) is 3.12. The molecule has 1 aromatic carbocycles. The molecule has 0 bridgehead atoms. The van der Waals surface area contributed by atoms with E-state index in [4.69, 9.17) is 10.5 Å². The molecule has 0 radical (unpaired) electrons. The number of carbonyl (C=O) groups is 1. The van der Waals surface area contributed by atoms with Crippen LogP contribution in [-0.2, 0) is 4.79 Å². The van der Waals surface area contributed by atoms with E-state index in [1.54, 1.807) is 7.11 Å². The summed E-state index contributed by atoms with van der Waals surface area (Å²) in [6.45, 7) is 0.530. The van der Waals surface area contributed by atoms with Gasteiger partial charge < -0.3 is 15.8 Å². The first kappa shape index (κ1) is 15.2. The Labute approximate surface area is 124 Å². The Morgan fingerprint density at radius 2 is 2.20 bits per heavy atom. The smallest absolute Gasteiger partial charge is 0.230 e. The van der Waals surface area contributed by atoms with E-state index in [2.05, 4.69) is 5.32 Å². The second-order valence-electron chi connectivity index (χ2n) is 5.21. The summed E-state index contributed by atoms with van der Waals surface area (Å²) in [6, 6.07) is 7.74. The van der Waals surface area contributed by atoms with Crippen molar-refractivity contribution >= 4 is 17.7 Å². The topological polar surface area (TPSA) is 64.3 Å². The lowest BCUT2D eigenvalue weighted by Crippen LogP contribution is -2.52. The van der Waals surface area contributed by atoms with Crippen molar-refractivity contribution in [1.82, 2.24) is 5.32 Å². The highest BCUT2D eigenvalue weighted by molar-refractivity contribution is 8.00. The Morgan fingerprint density at radius 3 is 2.85 bits per heavy atom. The number of carbonyl (C=O) groups excluding carboxylic acids is 1. The molecular formula is C15H22N2O2S.